The van der Waals surface area contributed by atoms with Gasteiger partial charge in [0.15, 0.2) is 0 Å². The van der Waals surface area contributed by atoms with Crippen molar-refractivity contribution in [3.05, 3.63) is 29.3 Å². The average Bonchev–Trinajstić information content (AvgIpc) is 2.85. The zero-order valence-corrected chi connectivity index (χ0v) is 17.7. The molecule has 1 N–H and O–H groups in total. The Morgan fingerprint density at radius 3 is 2.32 bits per heavy atom. The molecular weight excluding hydrogens is 352 g/mol. The first kappa shape index (κ1) is 20.6. The third-order valence-corrected chi connectivity index (χ3v) is 7.33. The highest BCUT2D eigenvalue weighted by molar-refractivity contribution is 6.04. The zero-order valence-electron chi connectivity index (χ0n) is 17.7. The van der Waals surface area contributed by atoms with Gasteiger partial charge in [-0.3, -0.25) is 19.3 Å². The molecule has 1 aromatic rings. The van der Waals surface area contributed by atoms with Crippen molar-refractivity contribution in [2.24, 2.45) is 16.7 Å². The molecule has 152 valence electrons. The maximum Gasteiger partial charge on any atom is 0.235 e. The Balaban J connectivity index is 1.71. The van der Waals surface area contributed by atoms with Crippen molar-refractivity contribution < 1.29 is 14.4 Å². The number of nitrogens with zero attached hydrogens (tertiary/aromatic N) is 1. The molecule has 1 saturated heterocycles. The van der Waals surface area contributed by atoms with Gasteiger partial charge in [-0.15, -0.1) is 0 Å². The van der Waals surface area contributed by atoms with E-state index < -0.39 is 5.41 Å². The van der Waals surface area contributed by atoms with E-state index in [1.54, 1.807) is 0 Å². The van der Waals surface area contributed by atoms with Crippen LogP contribution in [0.2, 0.25) is 0 Å². The van der Waals surface area contributed by atoms with Crippen LogP contribution in [0.3, 0.4) is 0 Å². The summed E-state index contributed by atoms with van der Waals surface area (Å²) in [4.78, 5) is 39.9. The van der Waals surface area contributed by atoms with Crippen LogP contribution in [-0.4, -0.2) is 29.2 Å². The van der Waals surface area contributed by atoms with E-state index in [2.05, 4.69) is 19.2 Å². The Kier molecular flexibility index (Phi) is 5.39. The smallest absolute Gasteiger partial charge is 0.235 e. The summed E-state index contributed by atoms with van der Waals surface area (Å²) in [5, 5.41) is 3.03. The van der Waals surface area contributed by atoms with E-state index in [1.165, 1.54) is 4.90 Å². The summed E-state index contributed by atoms with van der Waals surface area (Å²) in [5.41, 5.74) is 2.24. The van der Waals surface area contributed by atoms with Crippen LogP contribution < -0.4 is 5.32 Å². The van der Waals surface area contributed by atoms with E-state index in [4.69, 9.17) is 0 Å². The standard InChI is InChI=1S/C23H32N2O3/c1-6-15-9-8-10-16(7-2)19(15)24-18(26)12-14-25-20(27)17-11-13-23(5,21(25)28)22(17,3)4/h8-10,17H,6-7,11-14H2,1-5H3,(H,24,26). The minimum Gasteiger partial charge on any atom is -0.326 e. The lowest BCUT2D eigenvalue weighted by atomic mass is 9.62. The number of carbonyl (C=O) groups is 3. The van der Waals surface area contributed by atoms with Crippen LogP contribution in [0, 0.1) is 16.7 Å². The second kappa shape index (κ2) is 7.34. The number of imide groups is 1. The van der Waals surface area contributed by atoms with Crippen LogP contribution in [0.15, 0.2) is 18.2 Å². The lowest BCUT2D eigenvalue weighted by Crippen LogP contribution is -2.59. The van der Waals surface area contributed by atoms with Gasteiger partial charge < -0.3 is 5.32 Å². The molecule has 2 fully saturated rings. The van der Waals surface area contributed by atoms with Crippen molar-refractivity contribution in [2.45, 2.75) is 66.7 Å². The van der Waals surface area contributed by atoms with Crippen LogP contribution in [0.4, 0.5) is 5.69 Å². The van der Waals surface area contributed by atoms with Crippen molar-refractivity contribution in [1.82, 2.24) is 4.90 Å². The number of hydrogen-bond acceptors (Lipinski definition) is 3. The summed E-state index contributed by atoms with van der Waals surface area (Å²) in [7, 11) is 0. The van der Waals surface area contributed by atoms with Crippen molar-refractivity contribution in [1.29, 1.82) is 0 Å². The van der Waals surface area contributed by atoms with Crippen molar-refractivity contribution in [2.75, 3.05) is 11.9 Å². The first-order valence-electron chi connectivity index (χ1n) is 10.4. The highest BCUT2D eigenvalue weighted by Crippen LogP contribution is 2.60. The van der Waals surface area contributed by atoms with Crippen LogP contribution in [0.25, 0.3) is 0 Å². The van der Waals surface area contributed by atoms with E-state index in [0.717, 1.165) is 42.5 Å². The first-order valence-corrected chi connectivity index (χ1v) is 10.4. The van der Waals surface area contributed by atoms with Gasteiger partial charge in [-0.25, -0.2) is 0 Å². The van der Waals surface area contributed by atoms with Gasteiger partial charge >= 0.3 is 0 Å². The number of nitrogens with one attached hydrogen (secondary N) is 1. The molecule has 5 heteroatoms. The molecule has 2 bridgehead atoms. The second-order valence-corrected chi connectivity index (χ2v) is 8.90. The monoisotopic (exact) mass is 384 g/mol. The number of anilines is 1. The molecule has 3 rings (SSSR count). The zero-order chi connectivity index (χ0) is 20.7. The number of amides is 3. The molecule has 5 nitrogen and oxygen atoms in total. The van der Waals surface area contributed by atoms with E-state index in [9.17, 15) is 14.4 Å². The summed E-state index contributed by atoms with van der Waals surface area (Å²) in [6, 6.07) is 6.05. The summed E-state index contributed by atoms with van der Waals surface area (Å²) < 4.78 is 0. The molecule has 1 aromatic carbocycles. The predicted molar refractivity (Wildman–Crippen MR) is 110 cm³/mol. The fourth-order valence-corrected chi connectivity index (χ4v) is 4.93. The van der Waals surface area contributed by atoms with Crippen molar-refractivity contribution in [3.8, 4) is 0 Å². The molecule has 1 heterocycles. The molecule has 2 atom stereocenters. The largest absolute Gasteiger partial charge is 0.326 e. The molecule has 0 radical (unpaired) electrons. The second-order valence-electron chi connectivity index (χ2n) is 8.90. The number of benzene rings is 1. The number of aryl methyl sites for hydroxylation is 2. The normalized spacial score (nSPS) is 25.9. The first-order chi connectivity index (χ1) is 13.2. The van der Waals surface area contributed by atoms with Gasteiger partial charge in [0.05, 0.1) is 5.41 Å². The quantitative estimate of drug-likeness (QED) is 0.755. The van der Waals surface area contributed by atoms with Gasteiger partial charge in [-0.05, 0) is 42.2 Å². The molecular formula is C23H32N2O3. The molecule has 1 saturated carbocycles. The predicted octanol–water partition coefficient (Wildman–Crippen LogP) is 3.95. The number of carbonyl (C=O) groups excluding carboxylic acids is 3. The van der Waals surface area contributed by atoms with E-state index in [0.29, 0.717) is 0 Å². The average molecular weight is 385 g/mol. The third-order valence-electron chi connectivity index (χ3n) is 7.33. The highest BCUT2D eigenvalue weighted by atomic mass is 16.2. The molecule has 1 aliphatic carbocycles. The van der Waals surface area contributed by atoms with E-state index >= 15 is 0 Å². The maximum atomic E-state index is 13.1. The third kappa shape index (κ3) is 3.05. The lowest BCUT2D eigenvalue weighted by Gasteiger charge is -2.47. The number of piperidine rings is 1. The highest BCUT2D eigenvalue weighted by Gasteiger charge is 2.64. The topological polar surface area (TPSA) is 66.5 Å². The summed E-state index contributed by atoms with van der Waals surface area (Å²) >= 11 is 0. The molecule has 2 aliphatic rings. The molecule has 0 spiro atoms. The van der Waals surface area contributed by atoms with Gasteiger partial charge in [-0.1, -0.05) is 52.8 Å². The minimum absolute atomic E-state index is 0.110. The number of hydrogen-bond donors (Lipinski definition) is 1. The molecule has 0 aromatic heterocycles. The van der Waals surface area contributed by atoms with Crippen molar-refractivity contribution in [3.63, 3.8) is 0 Å². The van der Waals surface area contributed by atoms with Crippen LogP contribution in [-0.2, 0) is 27.2 Å². The Hall–Kier alpha value is -2.17. The summed E-state index contributed by atoms with van der Waals surface area (Å²) in [6.45, 7) is 10.3. The molecule has 2 unspecified atom stereocenters. The maximum absolute atomic E-state index is 13.1. The van der Waals surface area contributed by atoms with Crippen molar-refractivity contribution >= 4 is 23.4 Å². The van der Waals surface area contributed by atoms with Crippen LogP contribution >= 0.6 is 0 Å². The Labute approximate surface area is 167 Å². The Bertz CT molecular complexity index is 792. The fourth-order valence-electron chi connectivity index (χ4n) is 4.93. The van der Waals surface area contributed by atoms with Gasteiger partial charge in [0.1, 0.15) is 0 Å². The van der Waals surface area contributed by atoms with Crippen LogP contribution in [0.5, 0.6) is 0 Å². The Morgan fingerprint density at radius 2 is 1.75 bits per heavy atom. The SMILES string of the molecule is CCc1cccc(CC)c1NC(=O)CCN1C(=O)C2CCC(C)(C1=O)C2(C)C. The number of likely N-dealkylation sites (tertiary alicyclic amines) is 1. The van der Waals surface area contributed by atoms with E-state index in [1.807, 2.05) is 39.0 Å². The number of para-hydroxylation sites is 1. The molecule has 28 heavy (non-hydrogen) atoms. The van der Waals surface area contributed by atoms with Crippen LogP contribution in [0.1, 0.15) is 65.0 Å². The number of fused-ring (bicyclic) bond motifs is 2. The fraction of sp³-hybridized carbons (Fsp3) is 0.609. The van der Waals surface area contributed by atoms with Gasteiger partial charge in [-0.2, -0.15) is 0 Å². The van der Waals surface area contributed by atoms with Gasteiger partial charge in [0, 0.05) is 24.6 Å². The Morgan fingerprint density at radius 1 is 1.14 bits per heavy atom. The van der Waals surface area contributed by atoms with E-state index in [-0.39, 0.29) is 42.0 Å². The van der Waals surface area contributed by atoms with Gasteiger partial charge in [0.2, 0.25) is 17.7 Å². The minimum atomic E-state index is -0.522. The van der Waals surface area contributed by atoms with Gasteiger partial charge in [0.25, 0.3) is 0 Å². The summed E-state index contributed by atoms with van der Waals surface area (Å²) in [5.74, 6) is -0.516. The summed E-state index contributed by atoms with van der Waals surface area (Å²) in [6.07, 6.45) is 3.29. The molecule has 1 aliphatic heterocycles. The molecule has 3 amide bonds. The number of rotatable bonds is 6. The lowest BCUT2D eigenvalue weighted by molar-refractivity contribution is -0.167.